The van der Waals surface area contributed by atoms with Gasteiger partial charge in [0.25, 0.3) is 0 Å². The summed E-state index contributed by atoms with van der Waals surface area (Å²) in [6.07, 6.45) is -1.80. The van der Waals surface area contributed by atoms with Crippen LogP contribution >= 0.6 is 0 Å². The summed E-state index contributed by atoms with van der Waals surface area (Å²) in [7, 11) is 0. The predicted octanol–water partition coefficient (Wildman–Crippen LogP) is 4.32. The summed E-state index contributed by atoms with van der Waals surface area (Å²) in [5, 5.41) is 16.3. The number of amides is 3. The lowest BCUT2D eigenvalue weighted by atomic mass is 9.98. The van der Waals surface area contributed by atoms with Gasteiger partial charge in [-0.25, -0.2) is 9.59 Å². The minimum absolute atomic E-state index is 0.0547. The SMILES string of the molecule is CC(NC(=O)OCC1c2ccccc2-c2ccccc21)C(=O)NCc1ccc(NC(=O)O)cc1. The number of hydrogen-bond acceptors (Lipinski definition) is 4. The molecule has 0 spiro atoms. The highest BCUT2D eigenvalue weighted by Gasteiger charge is 2.29. The molecule has 1 atom stereocenters. The van der Waals surface area contributed by atoms with Gasteiger partial charge in [-0.3, -0.25) is 10.1 Å². The van der Waals surface area contributed by atoms with Gasteiger partial charge >= 0.3 is 12.2 Å². The van der Waals surface area contributed by atoms with E-state index in [1.807, 2.05) is 36.4 Å². The van der Waals surface area contributed by atoms with Crippen molar-refractivity contribution in [3.8, 4) is 11.1 Å². The fourth-order valence-electron chi connectivity index (χ4n) is 4.05. The summed E-state index contributed by atoms with van der Waals surface area (Å²) in [6.45, 7) is 1.99. The molecule has 0 fully saturated rings. The first-order chi connectivity index (χ1) is 16.4. The number of anilines is 1. The second-order valence-electron chi connectivity index (χ2n) is 8.04. The van der Waals surface area contributed by atoms with Gasteiger partial charge in [-0.15, -0.1) is 0 Å². The standard InChI is InChI=1S/C26H25N3O5/c1-16(24(30)27-14-17-10-12-18(13-11-17)29-25(31)32)28-26(33)34-15-23-21-8-4-2-6-19(21)20-7-3-5-9-22(20)23/h2-13,16,23,29H,14-15H2,1H3,(H,27,30)(H,28,33)(H,31,32). The number of carbonyl (C=O) groups is 3. The van der Waals surface area contributed by atoms with Crippen molar-refractivity contribution < 1.29 is 24.2 Å². The van der Waals surface area contributed by atoms with Crippen molar-refractivity contribution >= 4 is 23.8 Å². The number of alkyl carbamates (subject to hydrolysis) is 1. The topological polar surface area (TPSA) is 117 Å². The van der Waals surface area contributed by atoms with Crippen molar-refractivity contribution in [1.29, 1.82) is 0 Å². The Morgan fingerprint density at radius 2 is 1.50 bits per heavy atom. The Kier molecular flexibility index (Phi) is 6.77. The van der Waals surface area contributed by atoms with Gasteiger partial charge in [-0.05, 0) is 46.9 Å². The molecule has 0 bridgehead atoms. The summed E-state index contributed by atoms with van der Waals surface area (Å²) in [4.78, 5) is 35.4. The normalized spacial score (nSPS) is 12.7. The van der Waals surface area contributed by atoms with Crippen LogP contribution in [0.15, 0.2) is 72.8 Å². The van der Waals surface area contributed by atoms with Gasteiger partial charge in [0.1, 0.15) is 12.6 Å². The van der Waals surface area contributed by atoms with Gasteiger partial charge < -0.3 is 20.5 Å². The van der Waals surface area contributed by atoms with Crippen molar-refractivity contribution in [2.75, 3.05) is 11.9 Å². The monoisotopic (exact) mass is 459 g/mol. The molecule has 4 N–H and O–H groups in total. The molecule has 1 unspecified atom stereocenters. The number of rotatable bonds is 7. The summed E-state index contributed by atoms with van der Waals surface area (Å²) in [5.41, 5.74) is 5.75. The van der Waals surface area contributed by atoms with Crippen LogP contribution < -0.4 is 16.0 Å². The highest BCUT2D eigenvalue weighted by atomic mass is 16.5. The van der Waals surface area contributed by atoms with Crippen molar-refractivity contribution in [2.45, 2.75) is 25.4 Å². The van der Waals surface area contributed by atoms with Crippen molar-refractivity contribution in [1.82, 2.24) is 10.6 Å². The molecule has 0 heterocycles. The number of nitrogens with one attached hydrogen (secondary N) is 3. The molecule has 0 saturated heterocycles. The lowest BCUT2D eigenvalue weighted by Crippen LogP contribution is -2.45. The quantitative estimate of drug-likeness (QED) is 0.420. The molecule has 8 heteroatoms. The van der Waals surface area contributed by atoms with Crippen LogP contribution in [0.2, 0.25) is 0 Å². The van der Waals surface area contributed by atoms with E-state index in [4.69, 9.17) is 9.84 Å². The fourth-order valence-corrected chi connectivity index (χ4v) is 4.05. The van der Waals surface area contributed by atoms with Gasteiger partial charge in [0.15, 0.2) is 0 Å². The number of benzene rings is 3. The minimum Gasteiger partial charge on any atom is -0.465 e. The molecule has 1 aliphatic carbocycles. The molecular weight excluding hydrogens is 434 g/mol. The molecule has 8 nitrogen and oxygen atoms in total. The zero-order valence-electron chi connectivity index (χ0n) is 18.6. The zero-order chi connectivity index (χ0) is 24.1. The van der Waals surface area contributed by atoms with E-state index < -0.39 is 18.2 Å². The lowest BCUT2D eigenvalue weighted by Gasteiger charge is -2.17. The zero-order valence-corrected chi connectivity index (χ0v) is 18.6. The third-order valence-corrected chi connectivity index (χ3v) is 5.74. The van der Waals surface area contributed by atoms with E-state index in [1.165, 1.54) is 0 Å². The van der Waals surface area contributed by atoms with E-state index in [1.54, 1.807) is 31.2 Å². The third kappa shape index (κ3) is 5.17. The lowest BCUT2D eigenvalue weighted by molar-refractivity contribution is -0.122. The Morgan fingerprint density at radius 1 is 0.912 bits per heavy atom. The minimum atomic E-state index is -1.14. The van der Waals surface area contributed by atoms with E-state index in [9.17, 15) is 14.4 Å². The van der Waals surface area contributed by atoms with Crippen molar-refractivity contribution in [2.24, 2.45) is 0 Å². The maximum absolute atomic E-state index is 12.4. The molecule has 4 rings (SSSR count). The molecule has 34 heavy (non-hydrogen) atoms. The molecule has 3 aromatic rings. The Hall–Kier alpha value is -4.33. The molecule has 3 amide bonds. The number of carbonyl (C=O) groups excluding carboxylic acids is 2. The van der Waals surface area contributed by atoms with Crippen LogP contribution in [-0.4, -0.2) is 35.8 Å². The number of hydrogen-bond donors (Lipinski definition) is 4. The highest BCUT2D eigenvalue weighted by Crippen LogP contribution is 2.44. The van der Waals surface area contributed by atoms with Crippen molar-refractivity contribution in [3.05, 3.63) is 89.5 Å². The number of carboxylic acid groups (broad SMARTS) is 1. The first-order valence-corrected chi connectivity index (χ1v) is 10.9. The van der Waals surface area contributed by atoms with Crippen LogP contribution in [0.1, 0.15) is 29.5 Å². The Balaban J connectivity index is 1.27. The van der Waals surface area contributed by atoms with Crippen molar-refractivity contribution in [3.63, 3.8) is 0 Å². The highest BCUT2D eigenvalue weighted by molar-refractivity contribution is 5.85. The van der Waals surface area contributed by atoms with Crippen LogP contribution in [0.4, 0.5) is 15.3 Å². The smallest absolute Gasteiger partial charge is 0.409 e. The fraction of sp³-hybridized carbons (Fsp3) is 0.192. The summed E-state index contributed by atoms with van der Waals surface area (Å²) in [6, 6.07) is 22.0. The largest absolute Gasteiger partial charge is 0.465 e. The van der Waals surface area contributed by atoms with Crippen LogP contribution in [0.3, 0.4) is 0 Å². The first kappa shape index (κ1) is 22.8. The summed E-state index contributed by atoms with van der Waals surface area (Å²) >= 11 is 0. The van der Waals surface area contributed by atoms with Crippen LogP contribution in [0.5, 0.6) is 0 Å². The Labute approximate surface area is 197 Å². The molecule has 3 aromatic carbocycles. The number of ether oxygens (including phenoxy) is 1. The Morgan fingerprint density at radius 3 is 2.09 bits per heavy atom. The maximum Gasteiger partial charge on any atom is 0.409 e. The van der Waals surface area contributed by atoms with E-state index in [0.29, 0.717) is 5.69 Å². The average Bonchev–Trinajstić information content (AvgIpc) is 3.15. The van der Waals surface area contributed by atoms with Crippen LogP contribution in [0, 0.1) is 0 Å². The van der Waals surface area contributed by atoms with Crippen LogP contribution in [0.25, 0.3) is 11.1 Å². The second-order valence-corrected chi connectivity index (χ2v) is 8.04. The van der Waals surface area contributed by atoms with Gasteiger partial charge in [0, 0.05) is 18.2 Å². The van der Waals surface area contributed by atoms with Gasteiger partial charge in [-0.2, -0.15) is 0 Å². The Bertz CT molecular complexity index is 1160. The van der Waals surface area contributed by atoms with Gasteiger partial charge in [0.05, 0.1) is 0 Å². The molecule has 0 radical (unpaired) electrons. The second kappa shape index (κ2) is 10.1. The van der Waals surface area contributed by atoms with E-state index in [2.05, 4.69) is 28.1 Å². The molecule has 1 aliphatic rings. The van der Waals surface area contributed by atoms with Crippen LogP contribution in [-0.2, 0) is 16.1 Å². The van der Waals surface area contributed by atoms with E-state index in [-0.39, 0.29) is 25.0 Å². The van der Waals surface area contributed by atoms with E-state index in [0.717, 1.165) is 27.8 Å². The van der Waals surface area contributed by atoms with Gasteiger partial charge in [0.2, 0.25) is 5.91 Å². The molecule has 174 valence electrons. The summed E-state index contributed by atoms with van der Waals surface area (Å²) in [5.74, 6) is -0.415. The summed E-state index contributed by atoms with van der Waals surface area (Å²) < 4.78 is 5.48. The number of fused-ring (bicyclic) bond motifs is 3. The molecule has 0 aromatic heterocycles. The average molecular weight is 460 g/mol. The van der Waals surface area contributed by atoms with Gasteiger partial charge in [-0.1, -0.05) is 60.7 Å². The maximum atomic E-state index is 12.4. The molecule has 0 aliphatic heterocycles. The molecule has 0 saturated carbocycles. The van der Waals surface area contributed by atoms with E-state index >= 15 is 0 Å². The first-order valence-electron chi connectivity index (χ1n) is 10.9. The predicted molar refractivity (Wildman–Crippen MR) is 128 cm³/mol. The third-order valence-electron chi connectivity index (χ3n) is 5.74. The molecular formula is C26H25N3O5.